The van der Waals surface area contributed by atoms with Gasteiger partial charge in [0.2, 0.25) is 0 Å². The van der Waals surface area contributed by atoms with Crippen LogP contribution in [-0.4, -0.2) is 12.0 Å². The summed E-state index contributed by atoms with van der Waals surface area (Å²) in [4.78, 5) is 4.55. The Morgan fingerprint density at radius 3 is 2.47 bits per heavy atom. The standard InChI is InChI=1S/C16H20N2S/c1-17-16-18-15(11-19-16)14-9-7-13(8-10-14)12-5-3-2-4-6-12/h7-12H,2-6H2,1H3,(H,17,18). The molecule has 1 fully saturated rings. The number of nitrogens with one attached hydrogen (secondary N) is 1. The number of rotatable bonds is 3. The summed E-state index contributed by atoms with van der Waals surface area (Å²) in [5, 5.41) is 6.18. The van der Waals surface area contributed by atoms with Gasteiger partial charge in [0.05, 0.1) is 5.69 Å². The van der Waals surface area contributed by atoms with Crippen LogP contribution < -0.4 is 5.32 Å². The van der Waals surface area contributed by atoms with Crippen molar-refractivity contribution in [2.24, 2.45) is 0 Å². The summed E-state index contributed by atoms with van der Waals surface area (Å²) in [5.74, 6) is 0.783. The smallest absolute Gasteiger partial charge is 0.182 e. The van der Waals surface area contributed by atoms with Gasteiger partial charge in [-0.25, -0.2) is 4.98 Å². The summed E-state index contributed by atoms with van der Waals surface area (Å²) < 4.78 is 0. The van der Waals surface area contributed by atoms with E-state index < -0.39 is 0 Å². The molecule has 1 N–H and O–H groups in total. The van der Waals surface area contributed by atoms with Crippen molar-refractivity contribution in [3.63, 3.8) is 0 Å². The van der Waals surface area contributed by atoms with Crippen LogP contribution in [0.15, 0.2) is 29.6 Å². The van der Waals surface area contributed by atoms with Crippen molar-refractivity contribution in [2.75, 3.05) is 12.4 Å². The molecule has 1 aromatic heterocycles. The molecule has 0 amide bonds. The normalized spacial score (nSPS) is 16.5. The minimum atomic E-state index is 0.783. The molecule has 19 heavy (non-hydrogen) atoms. The molecule has 1 aliphatic rings. The van der Waals surface area contributed by atoms with Gasteiger partial charge in [-0.1, -0.05) is 43.5 Å². The Bertz CT molecular complexity index is 524. The van der Waals surface area contributed by atoms with Crippen LogP contribution in [0.25, 0.3) is 11.3 Å². The molecule has 2 nitrogen and oxygen atoms in total. The van der Waals surface area contributed by atoms with Crippen molar-refractivity contribution in [2.45, 2.75) is 38.0 Å². The molecule has 3 heteroatoms. The maximum Gasteiger partial charge on any atom is 0.182 e. The van der Waals surface area contributed by atoms with Crippen LogP contribution in [0.4, 0.5) is 5.13 Å². The molecule has 0 aliphatic heterocycles. The predicted molar refractivity (Wildman–Crippen MR) is 82.9 cm³/mol. The second kappa shape index (κ2) is 5.74. The molecular formula is C16H20N2S. The van der Waals surface area contributed by atoms with Gasteiger partial charge in [0, 0.05) is 18.0 Å². The van der Waals surface area contributed by atoms with Gasteiger partial charge in [0.25, 0.3) is 0 Å². The summed E-state index contributed by atoms with van der Waals surface area (Å²) in [5.41, 5.74) is 3.80. The van der Waals surface area contributed by atoms with E-state index in [2.05, 4.69) is 39.9 Å². The first-order valence-electron chi connectivity index (χ1n) is 7.10. The quantitative estimate of drug-likeness (QED) is 0.859. The van der Waals surface area contributed by atoms with Crippen LogP contribution in [-0.2, 0) is 0 Å². The van der Waals surface area contributed by atoms with Gasteiger partial charge >= 0.3 is 0 Å². The van der Waals surface area contributed by atoms with E-state index in [1.807, 2.05) is 7.05 Å². The minimum absolute atomic E-state index is 0.783. The number of anilines is 1. The number of benzene rings is 1. The molecule has 1 saturated carbocycles. The van der Waals surface area contributed by atoms with Gasteiger partial charge in [-0.2, -0.15) is 0 Å². The second-order valence-electron chi connectivity index (χ2n) is 5.24. The highest BCUT2D eigenvalue weighted by Gasteiger charge is 2.15. The number of thiazole rings is 1. The van der Waals surface area contributed by atoms with Gasteiger partial charge in [0.1, 0.15) is 0 Å². The van der Waals surface area contributed by atoms with Crippen molar-refractivity contribution in [3.8, 4) is 11.3 Å². The van der Waals surface area contributed by atoms with Crippen LogP contribution >= 0.6 is 11.3 Å². The first kappa shape index (κ1) is 12.7. The maximum atomic E-state index is 4.55. The van der Waals surface area contributed by atoms with Crippen molar-refractivity contribution >= 4 is 16.5 Å². The SMILES string of the molecule is CNc1nc(-c2ccc(C3CCCCC3)cc2)cs1. The zero-order valence-electron chi connectivity index (χ0n) is 11.4. The Hall–Kier alpha value is -1.35. The van der Waals surface area contributed by atoms with Crippen LogP contribution in [0.5, 0.6) is 0 Å². The lowest BCUT2D eigenvalue weighted by molar-refractivity contribution is 0.443. The fraction of sp³-hybridized carbons (Fsp3) is 0.438. The van der Waals surface area contributed by atoms with E-state index in [0.717, 1.165) is 16.7 Å². The summed E-state index contributed by atoms with van der Waals surface area (Å²) in [6, 6.07) is 9.03. The molecule has 0 atom stereocenters. The van der Waals surface area contributed by atoms with E-state index in [1.54, 1.807) is 11.3 Å². The molecule has 0 bridgehead atoms. The summed E-state index contributed by atoms with van der Waals surface area (Å²) in [6.45, 7) is 0. The lowest BCUT2D eigenvalue weighted by Gasteiger charge is -2.22. The third kappa shape index (κ3) is 2.81. The lowest BCUT2D eigenvalue weighted by Crippen LogP contribution is -2.04. The average molecular weight is 272 g/mol. The maximum absolute atomic E-state index is 4.55. The van der Waals surface area contributed by atoms with E-state index in [9.17, 15) is 0 Å². The number of aromatic nitrogens is 1. The van der Waals surface area contributed by atoms with E-state index in [4.69, 9.17) is 0 Å². The molecule has 0 spiro atoms. The Morgan fingerprint density at radius 1 is 1.11 bits per heavy atom. The summed E-state index contributed by atoms with van der Waals surface area (Å²) in [6.07, 6.45) is 6.92. The van der Waals surface area contributed by atoms with E-state index in [1.165, 1.54) is 43.2 Å². The molecule has 100 valence electrons. The number of hydrogen-bond acceptors (Lipinski definition) is 3. The highest BCUT2D eigenvalue weighted by Crippen LogP contribution is 2.33. The Labute approximate surface area is 118 Å². The van der Waals surface area contributed by atoms with Gasteiger partial charge in [-0.05, 0) is 24.3 Å². The highest BCUT2D eigenvalue weighted by molar-refractivity contribution is 7.14. The Balaban J connectivity index is 1.78. The second-order valence-corrected chi connectivity index (χ2v) is 6.10. The fourth-order valence-corrected chi connectivity index (χ4v) is 3.56. The molecule has 0 radical (unpaired) electrons. The van der Waals surface area contributed by atoms with Crippen molar-refractivity contribution in [1.29, 1.82) is 0 Å². The Morgan fingerprint density at radius 2 is 1.84 bits per heavy atom. The van der Waals surface area contributed by atoms with E-state index >= 15 is 0 Å². The van der Waals surface area contributed by atoms with E-state index in [-0.39, 0.29) is 0 Å². The molecule has 3 rings (SSSR count). The van der Waals surface area contributed by atoms with Crippen LogP contribution in [0.3, 0.4) is 0 Å². The van der Waals surface area contributed by atoms with Gasteiger partial charge < -0.3 is 5.32 Å². The zero-order valence-corrected chi connectivity index (χ0v) is 12.2. The molecule has 0 saturated heterocycles. The molecule has 1 heterocycles. The predicted octanol–water partition coefficient (Wildman–Crippen LogP) is 4.90. The average Bonchev–Trinajstić information content (AvgIpc) is 2.97. The van der Waals surface area contributed by atoms with Crippen molar-refractivity contribution < 1.29 is 0 Å². The van der Waals surface area contributed by atoms with Gasteiger partial charge in [-0.15, -0.1) is 11.3 Å². The zero-order chi connectivity index (χ0) is 13.1. The van der Waals surface area contributed by atoms with Crippen LogP contribution in [0.2, 0.25) is 0 Å². The van der Waals surface area contributed by atoms with Crippen LogP contribution in [0, 0.1) is 0 Å². The summed E-state index contributed by atoms with van der Waals surface area (Å²) >= 11 is 1.65. The van der Waals surface area contributed by atoms with E-state index in [0.29, 0.717) is 0 Å². The fourth-order valence-electron chi connectivity index (χ4n) is 2.88. The first-order valence-corrected chi connectivity index (χ1v) is 7.98. The molecule has 0 unspecified atom stereocenters. The molecule has 1 aliphatic carbocycles. The lowest BCUT2D eigenvalue weighted by atomic mass is 9.84. The Kier molecular flexibility index (Phi) is 3.83. The number of nitrogens with zero attached hydrogens (tertiary/aromatic N) is 1. The molecular weight excluding hydrogens is 252 g/mol. The van der Waals surface area contributed by atoms with Crippen molar-refractivity contribution in [3.05, 3.63) is 35.2 Å². The third-order valence-corrected chi connectivity index (χ3v) is 4.86. The largest absolute Gasteiger partial charge is 0.365 e. The number of hydrogen-bond donors (Lipinski definition) is 1. The summed E-state index contributed by atoms with van der Waals surface area (Å²) in [7, 11) is 1.91. The minimum Gasteiger partial charge on any atom is -0.365 e. The monoisotopic (exact) mass is 272 g/mol. The third-order valence-electron chi connectivity index (χ3n) is 4.00. The van der Waals surface area contributed by atoms with Crippen molar-refractivity contribution in [1.82, 2.24) is 4.98 Å². The molecule has 2 aromatic rings. The first-order chi connectivity index (χ1) is 9.36. The van der Waals surface area contributed by atoms with Gasteiger partial charge in [0.15, 0.2) is 5.13 Å². The highest BCUT2D eigenvalue weighted by atomic mass is 32.1. The topological polar surface area (TPSA) is 24.9 Å². The van der Waals surface area contributed by atoms with Gasteiger partial charge in [-0.3, -0.25) is 0 Å². The van der Waals surface area contributed by atoms with Crippen LogP contribution in [0.1, 0.15) is 43.6 Å². The molecule has 1 aromatic carbocycles.